The van der Waals surface area contributed by atoms with Crippen molar-refractivity contribution in [3.63, 3.8) is 0 Å². The van der Waals surface area contributed by atoms with Crippen molar-refractivity contribution < 1.29 is 0 Å². The minimum absolute atomic E-state index is 0. The Morgan fingerprint density at radius 1 is 0.731 bits per heavy atom. The molecule has 0 aromatic heterocycles. The molecule has 1 aliphatic heterocycles. The summed E-state index contributed by atoms with van der Waals surface area (Å²) in [7, 11) is 0. The summed E-state index contributed by atoms with van der Waals surface area (Å²) in [6.45, 7) is 16.8. The maximum absolute atomic E-state index is 4.27. The SMILES string of the molecule is C.CC.CC.CC(C)c1ccc2c(c1)CC=N2.CC(C)c1ccccc1. The molecule has 0 fully saturated rings. The van der Waals surface area contributed by atoms with Gasteiger partial charge in [-0.3, -0.25) is 4.99 Å². The van der Waals surface area contributed by atoms with Gasteiger partial charge in [0.1, 0.15) is 0 Å². The molecule has 1 aliphatic rings. The molecule has 0 unspecified atom stereocenters. The molecule has 0 bridgehead atoms. The summed E-state index contributed by atoms with van der Waals surface area (Å²) < 4.78 is 0. The quantitative estimate of drug-likeness (QED) is 0.511. The van der Waals surface area contributed by atoms with E-state index in [0.717, 1.165) is 12.1 Å². The molecule has 2 aromatic carbocycles. The Morgan fingerprint density at radius 3 is 1.73 bits per heavy atom. The Labute approximate surface area is 163 Å². The number of nitrogens with zero attached hydrogens (tertiary/aromatic N) is 1. The minimum Gasteiger partial charge on any atom is -0.261 e. The molecule has 26 heavy (non-hydrogen) atoms. The van der Waals surface area contributed by atoms with Gasteiger partial charge in [0.25, 0.3) is 0 Å². The van der Waals surface area contributed by atoms with Crippen LogP contribution in [0.25, 0.3) is 0 Å². The molecule has 2 aromatic rings. The molecular formula is C25H41N. The Balaban J connectivity index is 0. The van der Waals surface area contributed by atoms with Crippen LogP contribution >= 0.6 is 0 Å². The summed E-state index contributed by atoms with van der Waals surface area (Å²) in [4.78, 5) is 4.27. The zero-order valence-electron chi connectivity index (χ0n) is 17.5. The van der Waals surface area contributed by atoms with Gasteiger partial charge < -0.3 is 0 Å². The zero-order valence-corrected chi connectivity index (χ0v) is 17.5. The average Bonchev–Trinajstić information content (AvgIpc) is 3.14. The Bertz CT molecular complexity index is 595. The first-order valence-electron chi connectivity index (χ1n) is 9.78. The number of rotatable bonds is 2. The predicted octanol–water partition coefficient (Wildman–Crippen LogP) is 8.57. The van der Waals surface area contributed by atoms with Crippen molar-refractivity contribution >= 4 is 11.9 Å². The second-order valence-corrected chi connectivity index (χ2v) is 6.12. The predicted molar refractivity (Wildman–Crippen MR) is 122 cm³/mol. The highest BCUT2D eigenvalue weighted by Crippen LogP contribution is 2.27. The number of benzene rings is 2. The second-order valence-electron chi connectivity index (χ2n) is 6.12. The third-order valence-corrected chi connectivity index (χ3v) is 3.78. The molecule has 0 saturated carbocycles. The molecule has 1 heterocycles. The fraction of sp³-hybridized carbons (Fsp3) is 0.480. The van der Waals surface area contributed by atoms with Crippen LogP contribution < -0.4 is 0 Å². The summed E-state index contributed by atoms with van der Waals surface area (Å²) in [5.74, 6) is 1.28. The van der Waals surface area contributed by atoms with E-state index < -0.39 is 0 Å². The normalized spacial score (nSPS) is 10.4. The first-order valence-corrected chi connectivity index (χ1v) is 9.78. The van der Waals surface area contributed by atoms with E-state index in [4.69, 9.17) is 0 Å². The summed E-state index contributed by atoms with van der Waals surface area (Å²) in [5.41, 5.74) is 5.36. The molecule has 1 nitrogen and oxygen atoms in total. The standard InChI is InChI=1S/C11H13N.C9H12.2C2H6.CH4/c1-8(2)9-3-4-11-10(7-9)5-6-12-11;1-8(2)9-6-4-3-5-7-9;2*1-2;/h3-4,6-8H,5H2,1-2H3;3-8H,1-2H3;2*1-2H3;1H4. The van der Waals surface area contributed by atoms with Crippen molar-refractivity contribution in [1.29, 1.82) is 0 Å². The van der Waals surface area contributed by atoms with Crippen LogP contribution in [0.15, 0.2) is 53.5 Å². The monoisotopic (exact) mass is 355 g/mol. The second kappa shape index (κ2) is 15.4. The molecule has 0 amide bonds. The topological polar surface area (TPSA) is 12.4 Å². The van der Waals surface area contributed by atoms with Crippen LogP contribution in [0.3, 0.4) is 0 Å². The lowest BCUT2D eigenvalue weighted by Gasteiger charge is -2.06. The van der Waals surface area contributed by atoms with E-state index in [0.29, 0.717) is 11.8 Å². The zero-order chi connectivity index (χ0) is 19.2. The van der Waals surface area contributed by atoms with Crippen molar-refractivity contribution in [1.82, 2.24) is 0 Å². The van der Waals surface area contributed by atoms with Crippen LogP contribution in [0.5, 0.6) is 0 Å². The van der Waals surface area contributed by atoms with Gasteiger partial charge in [-0.05, 0) is 34.6 Å². The molecule has 146 valence electrons. The van der Waals surface area contributed by atoms with Gasteiger partial charge in [-0.15, -0.1) is 0 Å². The van der Waals surface area contributed by atoms with E-state index >= 15 is 0 Å². The summed E-state index contributed by atoms with van der Waals surface area (Å²) in [5, 5.41) is 0. The van der Waals surface area contributed by atoms with E-state index in [9.17, 15) is 0 Å². The van der Waals surface area contributed by atoms with E-state index in [1.54, 1.807) is 0 Å². The molecule has 0 saturated heterocycles. The lowest BCUT2D eigenvalue weighted by Crippen LogP contribution is -1.88. The number of hydrogen-bond acceptors (Lipinski definition) is 1. The van der Waals surface area contributed by atoms with Crippen molar-refractivity contribution in [2.24, 2.45) is 4.99 Å². The molecule has 1 heteroatoms. The van der Waals surface area contributed by atoms with E-state index in [1.165, 1.54) is 16.7 Å². The number of hydrogen-bond donors (Lipinski definition) is 0. The lowest BCUT2D eigenvalue weighted by molar-refractivity contribution is 0.865. The van der Waals surface area contributed by atoms with Crippen molar-refractivity contribution in [2.45, 2.75) is 81.1 Å². The highest BCUT2D eigenvalue weighted by atomic mass is 14.7. The fourth-order valence-corrected chi connectivity index (χ4v) is 2.33. The third-order valence-electron chi connectivity index (χ3n) is 3.78. The Kier molecular flexibility index (Phi) is 15.6. The van der Waals surface area contributed by atoms with Gasteiger partial charge >= 0.3 is 0 Å². The van der Waals surface area contributed by atoms with Crippen molar-refractivity contribution in [3.05, 3.63) is 65.2 Å². The summed E-state index contributed by atoms with van der Waals surface area (Å²) in [6.07, 6.45) is 2.99. The average molecular weight is 356 g/mol. The van der Waals surface area contributed by atoms with Gasteiger partial charge in [0.2, 0.25) is 0 Å². The first kappa shape index (κ1) is 26.3. The first-order chi connectivity index (χ1) is 12.1. The smallest absolute Gasteiger partial charge is 0.0661 e. The summed E-state index contributed by atoms with van der Waals surface area (Å²) in [6, 6.07) is 17.1. The summed E-state index contributed by atoms with van der Waals surface area (Å²) >= 11 is 0. The van der Waals surface area contributed by atoms with Gasteiger partial charge in [-0.1, -0.05) is 105 Å². The Hall–Kier alpha value is -1.89. The third kappa shape index (κ3) is 8.99. The maximum atomic E-state index is 4.27. The highest BCUT2D eigenvalue weighted by Gasteiger charge is 2.07. The van der Waals surface area contributed by atoms with Gasteiger partial charge in [-0.25, -0.2) is 0 Å². The van der Waals surface area contributed by atoms with E-state index in [2.05, 4.69) is 75.2 Å². The van der Waals surface area contributed by atoms with Crippen molar-refractivity contribution in [3.8, 4) is 0 Å². The van der Waals surface area contributed by atoms with E-state index in [1.807, 2.05) is 40.0 Å². The van der Waals surface area contributed by atoms with Crippen LogP contribution in [0, 0.1) is 0 Å². The van der Waals surface area contributed by atoms with Crippen molar-refractivity contribution in [2.75, 3.05) is 0 Å². The van der Waals surface area contributed by atoms with Crippen LogP contribution in [-0.2, 0) is 6.42 Å². The number of aliphatic imine (C=N–C) groups is 1. The number of fused-ring (bicyclic) bond motifs is 1. The van der Waals surface area contributed by atoms with Crippen LogP contribution in [0.1, 0.15) is 91.3 Å². The van der Waals surface area contributed by atoms with Gasteiger partial charge in [0.15, 0.2) is 0 Å². The molecule has 0 spiro atoms. The molecule has 0 N–H and O–H groups in total. The Morgan fingerprint density at radius 2 is 1.27 bits per heavy atom. The van der Waals surface area contributed by atoms with Crippen LogP contribution in [0.4, 0.5) is 5.69 Å². The lowest BCUT2D eigenvalue weighted by atomic mass is 10.00. The minimum atomic E-state index is 0. The van der Waals surface area contributed by atoms with Crippen LogP contribution in [0.2, 0.25) is 0 Å². The van der Waals surface area contributed by atoms with E-state index in [-0.39, 0.29) is 7.43 Å². The molecule has 0 atom stereocenters. The molecular weight excluding hydrogens is 314 g/mol. The largest absolute Gasteiger partial charge is 0.261 e. The molecule has 0 aliphatic carbocycles. The fourth-order valence-electron chi connectivity index (χ4n) is 2.33. The van der Waals surface area contributed by atoms with Gasteiger partial charge in [0, 0.05) is 12.6 Å². The van der Waals surface area contributed by atoms with Crippen LogP contribution in [-0.4, -0.2) is 6.21 Å². The molecule has 0 radical (unpaired) electrons. The molecule has 3 rings (SSSR count). The van der Waals surface area contributed by atoms with Gasteiger partial charge in [-0.2, -0.15) is 0 Å². The highest BCUT2D eigenvalue weighted by molar-refractivity contribution is 5.75. The maximum Gasteiger partial charge on any atom is 0.0661 e. The van der Waals surface area contributed by atoms with Gasteiger partial charge in [0.05, 0.1) is 5.69 Å².